The van der Waals surface area contributed by atoms with Crippen LogP contribution < -0.4 is 5.32 Å². The van der Waals surface area contributed by atoms with Crippen LogP contribution in [0, 0.1) is 5.92 Å². The van der Waals surface area contributed by atoms with E-state index in [0.717, 1.165) is 6.54 Å². The molecule has 0 spiro atoms. The summed E-state index contributed by atoms with van der Waals surface area (Å²) in [5.74, 6) is 0.191. The van der Waals surface area contributed by atoms with E-state index in [-0.39, 0.29) is 11.8 Å². The van der Waals surface area contributed by atoms with Crippen LogP contribution in [-0.2, 0) is 11.3 Å². The van der Waals surface area contributed by atoms with E-state index >= 15 is 0 Å². The average molecular weight is 180 g/mol. The van der Waals surface area contributed by atoms with Crippen molar-refractivity contribution in [2.75, 3.05) is 6.54 Å². The van der Waals surface area contributed by atoms with Gasteiger partial charge in [-0.25, -0.2) is 0 Å². The van der Waals surface area contributed by atoms with Crippen LogP contribution in [0.5, 0.6) is 0 Å². The first-order chi connectivity index (χ1) is 6.20. The molecule has 1 heterocycles. The van der Waals surface area contributed by atoms with Crippen molar-refractivity contribution in [1.82, 2.24) is 9.88 Å². The Hall–Kier alpha value is -1.25. The van der Waals surface area contributed by atoms with Crippen molar-refractivity contribution in [1.29, 1.82) is 0 Å². The summed E-state index contributed by atoms with van der Waals surface area (Å²) in [5.41, 5.74) is 0. The van der Waals surface area contributed by atoms with Gasteiger partial charge in [-0.1, -0.05) is 13.8 Å². The van der Waals surface area contributed by atoms with Crippen LogP contribution >= 0.6 is 0 Å². The van der Waals surface area contributed by atoms with Crippen molar-refractivity contribution in [3.63, 3.8) is 0 Å². The lowest BCUT2D eigenvalue weighted by Crippen LogP contribution is -2.30. The molecule has 1 rings (SSSR count). The van der Waals surface area contributed by atoms with E-state index in [1.165, 1.54) is 0 Å². The number of nitrogens with one attached hydrogen (secondary N) is 1. The van der Waals surface area contributed by atoms with Gasteiger partial charge in [-0.05, 0) is 12.1 Å². The summed E-state index contributed by atoms with van der Waals surface area (Å²) in [6.45, 7) is 5.33. The summed E-state index contributed by atoms with van der Waals surface area (Å²) < 4.78 is 2.04. The fourth-order valence-electron chi connectivity index (χ4n) is 1.03. The van der Waals surface area contributed by atoms with Gasteiger partial charge in [0.25, 0.3) is 0 Å². The minimum absolute atomic E-state index is 0.0738. The summed E-state index contributed by atoms with van der Waals surface area (Å²) in [6, 6.07) is 3.95. The van der Waals surface area contributed by atoms with E-state index < -0.39 is 0 Å². The molecule has 0 fully saturated rings. The zero-order valence-corrected chi connectivity index (χ0v) is 8.16. The van der Waals surface area contributed by atoms with Crippen LogP contribution in [0.3, 0.4) is 0 Å². The molecular weight excluding hydrogens is 164 g/mol. The first kappa shape index (κ1) is 9.84. The molecule has 13 heavy (non-hydrogen) atoms. The van der Waals surface area contributed by atoms with Crippen LogP contribution in [-0.4, -0.2) is 17.0 Å². The number of hydrogen-bond donors (Lipinski definition) is 1. The number of hydrogen-bond acceptors (Lipinski definition) is 1. The second kappa shape index (κ2) is 4.70. The number of nitrogens with zero attached hydrogens (tertiary/aromatic N) is 1. The molecule has 0 radical (unpaired) electrons. The quantitative estimate of drug-likeness (QED) is 0.743. The zero-order chi connectivity index (χ0) is 9.68. The molecule has 72 valence electrons. The first-order valence-electron chi connectivity index (χ1n) is 4.58. The largest absolute Gasteiger partial charge is 0.354 e. The molecule has 0 aliphatic rings. The van der Waals surface area contributed by atoms with Gasteiger partial charge >= 0.3 is 0 Å². The van der Waals surface area contributed by atoms with Gasteiger partial charge in [-0.2, -0.15) is 0 Å². The number of carbonyl (C=O) groups is 1. The first-order valence-corrected chi connectivity index (χ1v) is 4.58. The summed E-state index contributed by atoms with van der Waals surface area (Å²) in [7, 11) is 0. The molecule has 0 atom stereocenters. The smallest absolute Gasteiger partial charge is 0.222 e. The van der Waals surface area contributed by atoms with Gasteiger partial charge in [0.15, 0.2) is 0 Å². The van der Waals surface area contributed by atoms with Gasteiger partial charge in [0.1, 0.15) is 0 Å². The molecule has 0 saturated heterocycles. The molecule has 0 bridgehead atoms. The molecular formula is C10H16N2O. The van der Waals surface area contributed by atoms with Crippen LogP contribution in [0.15, 0.2) is 24.5 Å². The topological polar surface area (TPSA) is 34.0 Å². The molecule has 3 heteroatoms. The predicted octanol–water partition coefficient (Wildman–Crippen LogP) is 1.26. The maximum atomic E-state index is 11.2. The number of rotatable bonds is 4. The van der Waals surface area contributed by atoms with Crippen molar-refractivity contribution in [3.8, 4) is 0 Å². The van der Waals surface area contributed by atoms with Crippen LogP contribution in [0.1, 0.15) is 13.8 Å². The minimum atomic E-state index is 0.0738. The highest BCUT2D eigenvalue weighted by Crippen LogP contribution is 1.91. The summed E-state index contributed by atoms with van der Waals surface area (Å²) in [4.78, 5) is 11.2. The third-order valence-electron chi connectivity index (χ3n) is 1.86. The Bertz CT molecular complexity index is 252. The maximum Gasteiger partial charge on any atom is 0.222 e. The fraction of sp³-hybridized carbons (Fsp3) is 0.500. The van der Waals surface area contributed by atoms with Gasteiger partial charge in [-0.3, -0.25) is 4.79 Å². The minimum Gasteiger partial charge on any atom is -0.354 e. The Kier molecular flexibility index (Phi) is 3.55. The number of carbonyl (C=O) groups excluding carboxylic acids is 1. The number of aromatic nitrogens is 1. The summed E-state index contributed by atoms with van der Waals surface area (Å²) in [6.07, 6.45) is 3.98. The second-order valence-electron chi connectivity index (χ2n) is 3.37. The Morgan fingerprint density at radius 3 is 2.54 bits per heavy atom. The van der Waals surface area contributed by atoms with Crippen molar-refractivity contribution in [2.45, 2.75) is 20.4 Å². The fourth-order valence-corrected chi connectivity index (χ4v) is 1.03. The molecule has 1 N–H and O–H groups in total. The van der Waals surface area contributed by atoms with Crippen molar-refractivity contribution in [2.24, 2.45) is 5.92 Å². The van der Waals surface area contributed by atoms with E-state index in [4.69, 9.17) is 0 Å². The van der Waals surface area contributed by atoms with Gasteiger partial charge in [0.05, 0.1) is 0 Å². The SMILES string of the molecule is CC(C)C(=O)NCCn1cccc1. The zero-order valence-electron chi connectivity index (χ0n) is 8.16. The standard InChI is InChI=1S/C10H16N2O/c1-9(2)10(13)11-5-8-12-6-3-4-7-12/h3-4,6-7,9H,5,8H2,1-2H3,(H,11,13). The Labute approximate surface area is 78.8 Å². The molecule has 0 aliphatic heterocycles. The molecule has 0 unspecified atom stereocenters. The lowest BCUT2D eigenvalue weighted by Gasteiger charge is -2.07. The second-order valence-corrected chi connectivity index (χ2v) is 3.37. The van der Waals surface area contributed by atoms with E-state index in [2.05, 4.69) is 5.32 Å². The summed E-state index contributed by atoms with van der Waals surface area (Å²) >= 11 is 0. The van der Waals surface area contributed by atoms with E-state index in [1.807, 2.05) is 42.9 Å². The molecule has 1 amide bonds. The number of amides is 1. The van der Waals surface area contributed by atoms with Crippen molar-refractivity contribution >= 4 is 5.91 Å². The highest BCUT2D eigenvalue weighted by atomic mass is 16.1. The molecule has 0 aromatic carbocycles. The highest BCUT2D eigenvalue weighted by molar-refractivity contribution is 5.77. The predicted molar refractivity (Wildman–Crippen MR) is 52.3 cm³/mol. The lowest BCUT2D eigenvalue weighted by molar-refractivity contribution is -0.123. The van der Waals surface area contributed by atoms with Crippen LogP contribution in [0.4, 0.5) is 0 Å². The van der Waals surface area contributed by atoms with Crippen molar-refractivity contribution < 1.29 is 4.79 Å². The van der Waals surface area contributed by atoms with E-state index in [1.54, 1.807) is 0 Å². The van der Waals surface area contributed by atoms with Gasteiger partial charge in [-0.15, -0.1) is 0 Å². The molecule has 3 nitrogen and oxygen atoms in total. The third kappa shape index (κ3) is 3.32. The van der Waals surface area contributed by atoms with Gasteiger partial charge in [0, 0.05) is 31.4 Å². The normalized spacial score (nSPS) is 10.4. The van der Waals surface area contributed by atoms with E-state index in [0.29, 0.717) is 6.54 Å². The monoisotopic (exact) mass is 180 g/mol. The Morgan fingerprint density at radius 1 is 1.38 bits per heavy atom. The Morgan fingerprint density at radius 2 is 2.00 bits per heavy atom. The summed E-state index contributed by atoms with van der Waals surface area (Å²) in [5, 5.41) is 2.86. The van der Waals surface area contributed by atoms with Crippen molar-refractivity contribution in [3.05, 3.63) is 24.5 Å². The van der Waals surface area contributed by atoms with Crippen LogP contribution in [0.25, 0.3) is 0 Å². The van der Waals surface area contributed by atoms with Gasteiger partial charge in [0.2, 0.25) is 5.91 Å². The molecule has 0 saturated carbocycles. The maximum absolute atomic E-state index is 11.2. The Balaban J connectivity index is 2.18. The van der Waals surface area contributed by atoms with Gasteiger partial charge < -0.3 is 9.88 Å². The molecule has 0 aliphatic carbocycles. The third-order valence-corrected chi connectivity index (χ3v) is 1.86. The average Bonchev–Trinajstić information content (AvgIpc) is 2.56. The van der Waals surface area contributed by atoms with Crippen LogP contribution in [0.2, 0.25) is 0 Å². The molecule has 1 aromatic rings. The molecule has 1 aromatic heterocycles. The highest BCUT2D eigenvalue weighted by Gasteiger charge is 2.04. The lowest BCUT2D eigenvalue weighted by atomic mass is 10.2. The van der Waals surface area contributed by atoms with E-state index in [9.17, 15) is 4.79 Å².